The lowest BCUT2D eigenvalue weighted by atomic mass is 10.2. The highest BCUT2D eigenvalue weighted by atomic mass is 32.2. The second-order valence-electron chi connectivity index (χ2n) is 4.95. The van der Waals surface area contributed by atoms with Crippen LogP contribution in [0, 0.1) is 5.82 Å². The van der Waals surface area contributed by atoms with E-state index in [4.69, 9.17) is 0 Å². The molecule has 0 N–H and O–H groups in total. The maximum atomic E-state index is 13.9. The van der Waals surface area contributed by atoms with E-state index in [1.54, 1.807) is 27.4 Å². The highest BCUT2D eigenvalue weighted by Gasteiger charge is 2.15. The number of aromatic nitrogens is 7. The quantitative estimate of drug-likeness (QED) is 0.645. The molecule has 1 aromatic carbocycles. The van der Waals surface area contributed by atoms with Gasteiger partial charge in [0.25, 0.3) is 0 Å². The molecule has 7 nitrogen and oxygen atoms in total. The highest BCUT2D eigenvalue weighted by Crippen LogP contribution is 2.26. The minimum atomic E-state index is -0.313. The fourth-order valence-corrected chi connectivity index (χ4v) is 3.00. The molecule has 0 aliphatic carbocycles. The molecule has 0 bridgehead atoms. The third kappa shape index (κ3) is 3.24. The fourth-order valence-electron chi connectivity index (χ4n) is 2.16. The fraction of sp³-hybridized carbons (Fsp3) is 0.357. The van der Waals surface area contributed by atoms with E-state index < -0.39 is 0 Å². The average Bonchev–Trinajstić information content (AvgIpc) is 3.13. The van der Waals surface area contributed by atoms with Crippen molar-refractivity contribution in [2.45, 2.75) is 30.8 Å². The van der Waals surface area contributed by atoms with Crippen molar-refractivity contribution in [1.29, 1.82) is 0 Å². The van der Waals surface area contributed by atoms with Crippen molar-refractivity contribution < 1.29 is 4.39 Å². The first kappa shape index (κ1) is 15.6. The van der Waals surface area contributed by atoms with Crippen molar-refractivity contribution in [2.24, 2.45) is 7.05 Å². The van der Waals surface area contributed by atoms with E-state index in [-0.39, 0.29) is 5.82 Å². The largest absolute Gasteiger partial charge is 0.305 e. The molecule has 0 saturated heterocycles. The Hall–Kier alpha value is -2.29. The average molecular weight is 333 g/mol. The van der Waals surface area contributed by atoms with E-state index in [1.165, 1.54) is 17.8 Å². The zero-order chi connectivity index (χ0) is 16.2. The Bertz CT molecular complexity index is 798. The Morgan fingerprint density at radius 1 is 1.17 bits per heavy atom. The van der Waals surface area contributed by atoms with Crippen molar-refractivity contribution in [3.05, 3.63) is 35.9 Å². The van der Waals surface area contributed by atoms with Crippen LogP contribution in [0.2, 0.25) is 0 Å². The summed E-state index contributed by atoms with van der Waals surface area (Å²) in [5.41, 5.74) is 0.435. The predicted molar refractivity (Wildman–Crippen MR) is 84.1 cm³/mol. The Morgan fingerprint density at radius 3 is 2.78 bits per heavy atom. The summed E-state index contributed by atoms with van der Waals surface area (Å²) >= 11 is 1.47. The van der Waals surface area contributed by atoms with Crippen LogP contribution in [0.15, 0.2) is 29.4 Å². The van der Waals surface area contributed by atoms with Crippen LogP contribution in [-0.2, 0) is 19.3 Å². The van der Waals surface area contributed by atoms with Crippen LogP contribution in [0.1, 0.15) is 19.2 Å². The van der Waals surface area contributed by atoms with E-state index in [2.05, 4.69) is 32.6 Å². The predicted octanol–water partition coefficient (Wildman–Crippen LogP) is 2.31. The van der Waals surface area contributed by atoms with Gasteiger partial charge in [-0.15, -0.1) is 15.3 Å². The molecule has 0 spiro atoms. The molecule has 23 heavy (non-hydrogen) atoms. The van der Waals surface area contributed by atoms with Gasteiger partial charge in [0.1, 0.15) is 5.82 Å². The summed E-state index contributed by atoms with van der Waals surface area (Å²) in [6, 6.07) is 6.53. The third-order valence-electron chi connectivity index (χ3n) is 3.32. The van der Waals surface area contributed by atoms with Crippen molar-refractivity contribution in [1.82, 2.24) is 35.0 Å². The first-order chi connectivity index (χ1) is 11.2. The summed E-state index contributed by atoms with van der Waals surface area (Å²) in [7, 11) is 1.82. The number of benzene rings is 1. The van der Waals surface area contributed by atoms with Crippen molar-refractivity contribution in [2.75, 3.05) is 0 Å². The second kappa shape index (κ2) is 6.86. The van der Waals surface area contributed by atoms with E-state index in [1.807, 2.05) is 7.05 Å². The highest BCUT2D eigenvalue weighted by molar-refractivity contribution is 7.98. The second-order valence-corrected chi connectivity index (χ2v) is 5.89. The Balaban J connectivity index is 1.78. The normalized spacial score (nSPS) is 11.1. The molecule has 3 rings (SSSR count). The monoisotopic (exact) mass is 333 g/mol. The van der Waals surface area contributed by atoms with Gasteiger partial charge in [0.2, 0.25) is 0 Å². The van der Waals surface area contributed by atoms with Crippen LogP contribution in [0.4, 0.5) is 4.39 Å². The molecule has 2 aromatic heterocycles. The SMILES string of the molecule is CCCn1nnnc1CSc1nnc(-c2ccccc2F)n1C. The molecule has 0 aliphatic heterocycles. The van der Waals surface area contributed by atoms with Crippen molar-refractivity contribution in [3.63, 3.8) is 0 Å². The van der Waals surface area contributed by atoms with Gasteiger partial charge in [-0.05, 0) is 29.0 Å². The Labute approximate surface area is 136 Å². The smallest absolute Gasteiger partial charge is 0.191 e. The number of nitrogens with zero attached hydrogens (tertiary/aromatic N) is 7. The van der Waals surface area contributed by atoms with Crippen LogP contribution in [0.25, 0.3) is 11.4 Å². The molecule has 9 heteroatoms. The van der Waals surface area contributed by atoms with Gasteiger partial charge >= 0.3 is 0 Å². The lowest BCUT2D eigenvalue weighted by Gasteiger charge is -2.05. The van der Waals surface area contributed by atoms with Crippen LogP contribution in [0.5, 0.6) is 0 Å². The molecule has 120 valence electrons. The van der Waals surface area contributed by atoms with E-state index in [0.717, 1.165) is 18.8 Å². The van der Waals surface area contributed by atoms with Gasteiger partial charge in [0, 0.05) is 13.6 Å². The summed E-state index contributed by atoms with van der Waals surface area (Å²) in [6.07, 6.45) is 0.962. The van der Waals surface area contributed by atoms with Crippen LogP contribution in [0.3, 0.4) is 0 Å². The van der Waals surface area contributed by atoms with Gasteiger partial charge in [-0.1, -0.05) is 30.8 Å². The summed E-state index contributed by atoms with van der Waals surface area (Å²) in [4.78, 5) is 0. The van der Waals surface area contributed by atoms with Crippen LogP contribution >= 0.6 is 11.8 Å². The standard InChI is InChI=1S/C14H16FN7S/c1-3-8-22-12(16-19-20-22)9-23-14-18-17-13(21(14)2)10-6-4-5-7-11(10)15/h4-7H,3,8-9H2,1-2H3. The lowest BCUT2D eigenvalue weighted by Crippen LogP contribution is -2.04. The maximum Gasteiger partial charge on any atom is 0.191 e. The van der Waals surface area contributed by atoms with Gasteiger partial charge in [0.05, 0.1) is 11.3 Å². The number of halogens is 1. The minimum absolute atomic E-state index is 0.313. The van der Waals surface area contributed by atoms with Gasteiger partial charge < -0.3 is 4.57 Å². The number of thioether (sulfide) groups is 1. The first-order valence-corrected chi connectivity index (χ1v) is 8.21. The molecule has 0 aliphatic rings. The van der Waals surface area contributed by atoms with E-state index >= 15 is 0 Å². The molecule has 3 aromatic rings. The third-order valence-corrected chi connectivity index (χ3v) is 4.34. The summed E-state index contributed by atoms with van der Waals surface area (Å²) < 4.78 is 17.4. The molecule has 0 radical (unpaired) electrons. The number of hydrogen-bond donors (Lipinski definition) is 0. The number of aryl methyl sites for hydroxylation is 1. The summed E-state index contributed by atoms with van der Waals surface area (Å²) in [5, 5.41) is 20.6. The Kier molecular flexibility index (Phi) is 4.65. The van der Waals surface area contributed by atoms with Crippen molar-refractivity contribution >= 4 is 11.8 Å². The topological polar surface area (TPSA) is 74.3 Å². The molecule has 2 heterocycles. The molecule has 0 atom stereocenters. The van der Waals surface area contributed by atoms with E-state index in [9.17, 15) is 4.39 Å². The molecular weight excluding hydrogens is 317 g/mol. The molecule has 0 unspecified atom stereocenters. The molecule has 0 saturated carbocycles. The first-order valence-electron chi connectivity index (χ1n) is 7.22. The van der Waals surface area contributed by atoms with Gasteiger partial charge in [0.15, 0.2) is 16.8 Å². The lowest BCUT2D eigenvalue weighted by molar-refractivity contribution is 0.564. The number of rotatable bonds is 6. The zero-order valence-electron chi connectivity index (χ0n) is 12.8. The molecule has 0 fully saturated rings. The Morgan fingerprint density at radius 2 is 2.00 bits per heavy atom. The van der Waals surface area contributed by atoms with Gasteiger partial charge in [-0.25, -0.2) is 9.07 Å². The molecular formula is C14H16FN7S. The van der Waals surface area contributed by atoms with E-state index in [0.29, 0.717) is 22.3 Å². The summed E-state index contributed by atoms with van der Waals surface area (Å²) in [5.74, 6) is 1.55. The maximum absolute atomic E-state index is 13.9. The molecule has 0 amide bonds. The van der Waals surface area contributed by atoms with Crippen LogP contribution in [-0.4, -0.2) is 35.0 Å². The van der Waals surface area contributed by atoms with Gasteiger partial charge in [-0.3, -0.25) is 0 Å². The van der Waals surface area contributed by atoms with Crippen molar-refractivity contribution in [3.8, 4) is 11.4 Å². The summed E-state index contributed by atoms with van der Waals surface area (Å²) in [6.45, 7) is 2.85. The zero-order valence-corrected chi connectivity index (χ0v) is 13.7. The minimum Gasteiger partial charge on any atom is -0.305 e. The number of hydrogen-bond acceptors (Lipinski definition) is 6. The van der Waals surface area contributed by atoms with Crippen LogP contribution < -0.4 is 0 Å². The number of tetrazole rings is 1. The van der Waals surface area contributed by atoms with Gasteiger partial charge in [-0.2, -0.15) is 0 Å².